The third-order valence-corrected chi connectivity index (χ3v) is 3.04. The number of ketones is 1. The highest BCUT2D eigenvalue weighted by Crippen LogP contribution is 2.13. The minimum atomic E-state index is -0.0540. The molecule has 1 amide bonds. The van der Waals surface area contributed by atoms with Gasteiger partial charge in [-0.2, -0.15) is 0 Å². The van der Waals surface area contributed by atoms with Gasteiger partial charge in [-0.15, -0.1) is 0 Å². The number of hydrogen-bond acceptors (Lipinski definition) is 4. The molecule has 0 radical (unpaired) electrons. The Hall–Kier alpha value is -2.69. The van der Waals surface area contributed by atoms with Crippen molar-refractivity contribution in [2.45, 2.75) is 19.8 Å². The van der Waals surface area contributed by atoms with E-state index >= 15 is 0 Å². The first kappa shape index (κ1) is 15.7. The standard InChI is InChI=1S/C17H18N2O3/c1-13(20)14-4-6-16(7-5-14)22-12-2-3-17(21)19-15-8-10-18-11-9-15/h4-11H,2-3,12H2,1H3,(H,18,19,21). The van der Waals surface area contributed by atoms with Crippen LogP contribution in [0.5, 0.6) is 5.75 Å². The highest BCUT2D eigenvalue weighted by Gasteiger charge is 2.03. The molecule has 0 atom stereocenters. The molecule has 0 aliphatic rings. The zero-order valence-electron chi connectivity index (χ0n) is 12.4. The lowest BCUT2D eigenvalue weighted by atomic mass is 10.1. The van der Waals surface area contributed by atoms with E-state index in [2.05, 4.69) is 10.3 Å². The molecule has 0 unspecified atom stereocenters. The summed E-state index contributed by atoms with van der Waals surface area (Å²) in [7, 11) is 0. The molecular formula is C17H18N2O3. The Morgan fingerprint density at radius 2 is 1.77 bits per heavy atom. The largest absolute Gasteiger partial charge is 0.494 e. The maximum absolute atomic E-state index is 11.7. The summed E-state index contributed by atoms with van der Waals surface area (Å²) in [6.45, 7) is 1.97. The molecule has 0 saturated heterocycles. The Bertz CT molecular complexity index is 624. The van der Waals surface area contributed by atoms with Crippen LogP contribution in [0.3, 0.4) is 0 Å². The van der Waals surface area contributed by atoms with E-state index in [1.54, 1.807) is 48.8 Å². The predicted molar refractivity (Wildman–Crippen MR) is 84.0 cm³/mol. The van der Waals surface area contributed by atoms with Gasteiger partial charge in [-0.1, -0.05) is 0 Å². The molecule has 0 saturated carbocycles. The first-order valence-corrected chi connectivity index (χ1v) is 7.09. The predicted octanol–water partition coefficient (Wildman–Crippen LogP) is 3.08. The quantitative estimate of drug-likeness (QED) is 0.630. The number of aromatic nitrogens is 1. The molecule has 22 heavy (non-hydrogen) atoms. The number of anilines is 1. The molecule has 0 aliphatic heterocycles. The van der Waals surface area contributed by atoms with Crippen molar-refractivity contribution in [3.05, 3.63) is 54.4 Å². The lowest BCUT2D eigenvalue weighted by molar-refractivity contribution is -0.116. The van der Waals surface area contributed by atoms with Gasteiger partial charge in [0, 0.05) is 30.1 Å². The third-order valence-electron chi connectivity index (χ3n) is 3.04. The van der Waals surface area contributed by atoms with Gasteiger partial charge in [-0.05, 0) is 49.7 Å². The fraction of sp³-hybridized carbons (Fsp3) is 0.235. The molecule has 1 aromatic heterocycles. The third kappa shape index (κ3) is 5.01. The van der Waals surface area contributed by atoms with Crippen molar-refractivity contribution >= 4 is 17.4 Å². The summed E-state index contributed by atoms with van der Waals surface area (Å²) >= 11 is 0. The summed E-state index contributed by atoms with van der Waals surface area (Å²) in [6, 6.07) is 10.5. The number of Topliss-reactive ketones (excluding diaryl/α,β-unsaturated/α-hetero) is 1. The zero-order valence-corrected chi connectivity index (χ0v) is 12.4. The first-order chi connectivity index (χ1) is 10.6. The van der Waals surface area contributed by atoms with E-state index in [0.29, 0.717) is 30.8 Å². The van der Waals surface area contributed by atoms with E-state index in [0.717, 1.165) is 5.69 Å². The van der Waals surface area contributed by atoms with Crippen molar-refractivity contribution in [1.82, 2.24) is 4.98 Å². The smallest absolute Gasteiger partial charge is 0.224 e. The van der Waals surface area contributed by atoms with E-state index in [1.165, 1.54) is 6.92 Å². The summed E-state index contributed by atoms with van der Waals surface area (Å²) < 4.78 is 5.54. The van der Waals surface area contributed by atoms with Crippen LogP contribution in [0.25, 0.3) is 0 Å². The highest BCUT2D eigenvalue weighted by atomic mass is 16.5. The molecule has 2 aromatic rings. The number of nitrogens with zero attached hydrogens (tertiary/aromatic N) is 1. The molecule has 1 aromatic carbocycles. The van der Waals surface area contributed by atoms with Crippen LogP contribution in [0.4, 0.5) is 5.69 Å². The van der Waals surface area contributed by atoms with Crippen LogP contribution in [0.1, 0.15) is 30.1 Å². The SMILES string of the molecule is CC(=O)c1ccc(OCCCC(=O)Nc2ccncc2)cc1. The minimum absolute atomic E-state index is 0.0272. The van der Waals surface area contributed by atoms with Gasteiger partial charge in [0.2, 0.25) is 5.91 Å². The lowest BCUT2D eigenvalue weighted by Crippen LogP contribution is -2.12. The van der Waals surface area contributed by atoms with Gasteiger partial charge in [-0.3, -0.25) is 14.6 Å². The zero-order chi connectivity index (χ0) is 15.8. The summed E-state index contributed by atoms with van der Waals surface area (Å²) in [5, 5.41) is 2.79. The van der Waals surface area contributed by atoms with E-state index in [9.17, 15) is 9.59 Å². The fourth-order valence-electron chi connectivity index (χ4n) is 1.87. The Balaban J connectivity index is 1.68. The lowest BCUT2D eigenvalue weighted by Gasteiger charge is -2.07. The summed E-state index contributed by atoms with van der Waals surface area (Å²) in [5.74, 6) is 0.667. The number of hydrogen-bond donors (Lipinski definition) is 1. The van der Waals surface area contributed by atoms with Crippen molar-refractivity contribution in [2.24, 2.45) is 0 Å². The van der Waals surface area contributed by atoms with Crippen LogP contribution in [0.15, 0.2) is 48.8 Å². The van der Waals surface area contributed by atoms with Gasteiger partial charge in [0.1, 0.15) is 5.75 Å². The fourth-order valence-corrected chi connectivity index (χ4v) is 1.87. The number of carbonyl (C=O) groups is 2. The van der Waals surface area contributed by atoms with Crippen molar-refractivity contribution in [1.29, 1.82) is 0 Å². The topological polar surface area (TPSA) is 68.3 Å². The monoisotopic (exact) mass is 298 g/mol. The molecule has 0 bridgehead atoms. The normalized spacial score (nSPS) is 10.0. The maximum Gasteiger partial charge on any atom is 0.224 e. The van der Waals surface area contributed by atoms with E-state index in [4.69, 9.17) is 4.74 Å². The number of nitrogens with one attached hydrogen (secondary N) is 1. The summed E-state index contributed by atoms with van der Waals surface area (Å²) in [4.78, 5) is 26.8. The van der Waals surface area contributed by atoms with Crippen molar-refractivity contribution in [2.75, 3.05) is 11.9 Å². The Morgan fingerprint density at radius 1 is 1.09 bits per heavy atom. The number of rotatable bonds is 7. The Labute approximate surface area is 129 Å². The molecule has 0 aliphatic carbocycles. The van der Waals surface area contributed by atoms with Gasteiger partial charge >= 0.3 is 0 Å². The molecule has 5 nitrogen and oxygen atoms in total. The first-order valence-electron chi connectivity index (χ1n) is 7.09. The van der Waals surface area contributed by atoms with Gasteiger partial charge in [0.05, 0.1) is 6.61 Å². The number of ether oxygens (including phenoxy) is 1. The van der Waals surface area contributed by atoms with E-state index in [1.807, 2.05) is 0 Å². The average molecular weight is 298 g/mol. The van der Waals surface area contributed by atoms with Crippen molar-refractivity contribution in [3.8, 4) is 5.75 Å². The molecule has 5 heteroatoms. The van der Waals surface area contributed by atoms with Gasteiger partial charge in [0.15, 0.2) is 5.78 Å². The second kappa shape index (κ2) is 7.93. The molecular weight excluding hydrogens is 280 g/mol. The summed E-state index contributed by atoms with van der Waals surface area (Å²) in [6.07, 6.45) is 4.26. The van der Waals surface area contributed by atoms with Crippen LogP contribution >= 0.6 is 0 Å². The number of pyridine rings is 1. The molecule has 0 spiro atoms. The Morgan fingerprint density at radius 3 is 2.41 bits per heavy atom. The molecule has 0 fully saturated rings. The second-order valence-corrected chi connectivity index (χ2v) is 4.82. The van der Waals surface area contributed by atoms with Crippen LogP contribution in [-0.4, -0.2) is 23.3 Å². The highest BCUT2D eigenvalue weighted by molar-refractivity contribution is 5.94. The Kier molecular flexibility index (Phi) is 5.65. The van der Waals surface area contributed by atoms with Gasteiger partial charge in [0.25, 0.3) is 0 Å². The number of carbonyl (C=O) groups excluding carboxylic acids is 2. The molecule has 1 heterocycles. The van der Waals surface area contributed by atoms with Crippen LogP contribution in [0.2, 0.25) is 0 Å². The molecule has 2 rings (SSSR count). The average Bonchev–Trinajstić information content (AvgIpc) is 2.53. The molecule has 1 N–H and O–H groups in total. The number of benzene rings is 1. The maximum atomic E-state index is 11.7. The van der Waals surface area contributed by atoms with Gasteiger partial charge in [-0.25, -0.2) is 0 Å². The minimum Gasteiger partial charge on any atom is -0.494 e. The van der Waals surface area contributed by atoms with Crippen LogP contribution < -0.4 is 10.1 Å². The van der Waals surface area contributed by atoms with Crippen molar-refractivity contribution in [3.63, 3.8) is 0 Å². The van der Waals surface area contributed by atoms with E-state index < -0.39 is 0 Å². The van der Waals surface area contributed by atoms with E-state index in [-0.39, 0.29) is 11.7 Å². The molecule has 114 valence electrons. The van der Waals surface area contributed by atoms with Crippen LogP contribution in [-0.2, 0) is 4.79 Å². The number of amides is 1. The summed E-state index contributed by atoms with van der Waals surface area (Å²) in [5.41, 5.74) is 1.39. The second-order valence-electron chi connectivity index (χ2n) is 4.82. The van der Waals surface area contributed by atoms with Crippen molar-refractivity contribution < 1.29 is 14.3 Å². The van der Waals surface area contributed by atoms with Crippen LogP contribution in [0, 0.1) is 0 Å². The van der Waals surface area contributed by atoms with Gasteiger partial charge < -0.3 is 10.1 Å².